The molecule has 0 saturated heterocycles. The van der Waals surface area contributed by atoms with Crippen LogP contribution in [0.25, 0.3) is 10.7 Å². The number of alkyl halides is 3. The van der Waals surface area contributed by atoms with Crippen LogP contribution < -0.4 is 10.1 Å². The average molecular weight is 356 g/mol. The van der Waals surface area contributed by atoms with E-state index in [4.69, 9.17) is 4.52 Å². The van der Waals surface area contributed by atoms with Crippen LogP contribution in [0.4, 0.5) is 18.3 Å². The van der Waals surface area contributed by atoms with Gasteiger partial charge in [-0.05, 0) is 24.1 Å². The second-order valence-corrected chi connectivity index (χ2v) is 5.64. The third-order valence-corrected chi connectivity index (χ3v) is 3.83. The van der Waals surface area contributed by atoms with Gasteiger partial charge in [0, 0.05) is 12.6 Å². The minimum absolute atomic E-state index is 0.236. The van der Waals surface area contributed by atoms with Gasteiger partial charge in [0.05, 0.1) is 0 Å². The molecule has 6 nitrogen and oxygen atoms in total. The third kappa shape index (κ3) is 4.44. The Morgan fingerprint density at radius 1 is 1.12 bits per heavy atom. The summed E-state index contributed by atoms with van der Waals surface area (Å²) in [7, 11) is 0. The molecule has 0 atom stereocenters. The van der Waals surface area contributed by atoms with Gasteiger partial charge in [-0.1, -0.05) is 28.6 Å². The average Bonchev–Trinajstić information content (AvgIpc) is 3.18. The van der Waals surface area contributed by atoms with E-state index in [1.807, 2.05) is 0 Å². The summed E-state index contributed by atoms with van der Waals surface area (Å²) in [5.74, 6) is -0.236. The van der Waals surface area contributed by atoms with Gasteiger partial charge in [-0.3, -0.25) is 0 Å². The van der Waals surface area contributed by atoms with Crippen molar-refractivity contribution in [1.82, 2.24) is 15.4 Å². The molecule has 0 amide bonds. The molecule has 0 radical (unpaired) electrons. The fourth-order valence-electron chi connectivity index (χ4n) is 1.89. The molecule has 10 heteroatoms. The third-order valence-electron chi connectivity index (χ3n) is 2.93. The van der Waals surface area contributed by atoms with Gasteiger partial charge in [0.15, 0.2) is 5.01 Å². The summed E-state index contributed by atoms with van der Waals surface area (Å²) in [6, 6.07) is 7.44. The fourth-order valence-corrected chi connectivity index (χ4v) is 2.62. The van der Waals surface area contributed by atoms with Crippen molar-refractivity contribution in [3.63, 3.8) is 0 Å². The highest BCUT2D eigenvalue weighted by Gasteiger charge is 2.30. The molecule has 2 heterocycles. The lowest BCUT2D eigenvalue weighted by atomic mass is 10.1. The number of nitrogens with one attached hydrogen (secondary N) is 1. The number of benzene rings is 1. The van der Waals surface area contributed by atoms with E-state index in [0.29, 0.717) is 28.8 Å². The number of aromatic nitrogens is 3. The summed E-state index contributed by atoms with van der Waals surface area (Å²) < 4.78 is 44.8. The molecular formula is C14H11F3N4O2S. The Morgan fingerprint density at radius 2 is 1.92 bits per heavy atom. The van der Waals surface area contributed by atoms with Crippen molar-refractivity contribution in [2.24, 2.45) is 0 Å². The van der Waals surface area contributed by atoms with E-state index in [9.17, 15) is 13.2 Å². The lowest BCUT2D eigenvalue weighted by molar-refractivity contribution is -0.274. The maximum absolute atomic E-state index is 12.1. The van der Waals surface area contributed by atoms with Gasteiger partial charge >= 0.3 is 6.36 Å². The van der Waals surface area contributed by atoms with Crippen LogP contribution in [0.5, 0.6) is 5.75 Å². The Kier molecular flexibility index (Phi) is 4.65. The highest BCUT2D eigenvalue weighted by atomic mass is 32.1. The minimum atomic E-state index is -4.68. The van der Waals surface area contributed by atoms with Crippen LogP contribution >= 0.6 is 11.3 Å². The smallest absolute Gasteiger partial charge is 0.406 e. The number of halogens is 3. The molecule has 0 unspecified atom stereocenters. The summed E-state index contributed by atoms with van der Waals surface area (Å²) in [5.41, 5.74) is 1.49. The molecule has 3 rings (SSSR count). The zero-order valence-electron chi connectivity index (χ0n) is 12.1. The van der Waals surface area contributed by atoms with Crippen LogP contribution in [0.3, 0.4) is 0 Å². The van der Waals surface area contributed by atoms with Crippen molar-refractivity contribution in [2.45, 2.75) is 12.8 Å². The number of hydrogen-bond acceptors (Lipinski definition) is 7. The topological polar surface area (TPSA) is 73.1 Å². The highest BCUT2D eigenvalue weighted by molar-refractivity contribution is 7.18. The van der Waals surface area contributed by atoms with Crippen molar-refractivity contribution in [3.05, 3.63) is 42.2 Å². The first-order valence-corrected chi connectivity index (χ1v) is 7.64. The van der Waals surface area contributed by atoms with Gasteiger partial charge < -0.3 is 14.6 Å². The minimum Gasteiger partial charge on any atom is -0.406 e. The summed E-state index contributed by atoms with van der Waals surface area (Å²) in [5, 5.41) is 16.1. The summed E-state index contributed by atoms with van der Waals surface area (Å²) in [6.07, 6.45) is -2.61. The molecule has 0 saturated carbocycles. The first kappa shape index (κ1) is 16.2. The fraction of sp³-hybridized carbons (Fsp3) is 0.214. The SMILES string of the molecule is FC(F)(F)Oc1ccc(CCNc2nnc(-c3ccon3)s2)cc1. The van der Waals surface area contributed by atoms with Gasteiger partial charge in [0.2, 0.25) is 5.13 Å². The molecule has 0 aliphatic carbocycles. The van der Waals surface area contributed by atoms with Crippen molar-refractivity contribution < 1.29 is 22.4 Å². The van der Waals surface area contributed by atoms with Gasteiger partial charge in [-0.2, -0.15) is 0 Å². The largest absolute Gasteiger partial charge is 0.573 e. The van der Waals surface area contributed by atoms with Crippen LogP contribution in [0.2, 0.25) is 0 Å². The molecule has 1 aromatic carbocycles. The first-order chi connectivity index (χ1) is 11.5. The van der Waals surface area contributed by atoms with E-state index in [-0.39, 0.29) is 5.75 Å². The molecule has 126 valence electrons. The monoisotopic (exact) mass is 356 g/mol. The quantitative estimate of drug-likeness (QED) is 0.725. The normalized spacial score (nSPS) is 11.5. The van der Waals surface area contributed by atoms with Crippen LogP contribution in [0, 0.1) is 0 Å². The maximum atomic E-state index is 12.1. The molecule has 2 aromatic heterocycles. The van der Waals surface area contributed by atoms with E-state index >= 15 is 0 Å². The van der Waals surface area contributed by atoms with Gasteiger partial charge in [0.25, 0.3) is 0 Å². The molecule has 0 fully saturated rings. The zero-order valence-corrected chi connectivity index (χ0v) is 12.9. The highest BCUT2D eigenvalue weighted by Crippen LogP contribution is 2.25. The Morgan fingerprint density at radius 3 is 2.58 bits per heavy atom. The molecule has 24 heavy (non-hydrogen) atoms. The van der Waals surface area contributed by atoms with E-state index in [1.165, 1.54) is 29.7 Å². The number of hydrogen-bond donors (Lipinski definition) is 1. The zero-order chi connectivity index (χ0) is 17.0. The molecule has 0 spiro atoms. The number of anilines is 1. The van der Waals surface area contributed by atoms with Crippen LogP contribution in [-0.4, -0.2) is 28.3 Å². The van der Waals surface area contributed by atoms with Crippen LogP contribution in [0.1, 0.15) is 5.56 Å². The molecule has 0 aliphatic heterocycles. The molecule has 3 aromatic rings. The van der Waals surface area contributed by atoms with Crippen molar-refractivity contribution in [3.8, 4) is 16.5 Å². The van der Waals surface area contributed by atoms with E-state index in [1.54, 1.807) is 18.2 Å². The van der Waals surface area contributed by atoms with Gasteiger partial charge in [0.1, 0.15) is 17.7 Å². The van der Waals surface area contributed by atoms with Crippen molar-refractivity contribution in [2.75, 3.05) is 11.9 Å². The van der Waals surface area contributed by atoms with Gasteiger partial charge in [-0.25, -0.2) is 0 Å². The molecule has 1 N–H and O–H groups in total. The van der Waals surface area contributed by atoms with E-state index in [0.717, 1.165) is 5.56 Å². The predicted molar refractivity (Wildman–Crippen MR) is 80.7 cm³/mol. The number of rotatable bonds is 6. The predicted octanol–water partition coefficient (Wildman–Crippen LogP) is 3.75. The second kappa shape index (κ2) is 6.87. The molecule has 0 aliphatic rings. The van der Waals surface area contributed by atoms with E-state index in [2.05, 4.69) is 25.4 Å². The Bertz CT molecular complexity index is 772. The first-order valence-electron chi connectivity index (χ1n) is 6.82. The Balaban J connectivity index is 1.50. The molecule has 0 bridgehead atoms. The van der Waals surface area contributed by atoms with Crippen molar-refractivity contribution >= 4 is 16.5 Å². The Hall–Kier alpha value is -2.62. The summed E-state index contributed by atoms with van der Waals surface area (Å²) in [6.45, 7) is 0.562. The second-order valence-electron chi connectivity index (χ2n) is 4.67. The maximum Gasteiger partial charge on any atom is 0.573 e. The summed E-state index contributed by atoms with van der Waals surface area (Å²) >= 11 is 1.33. The van der Waals surface area contributed by atoms with Crippen LogP contribution in [-0.2, 0) is 6.42 Å². The lowest BCUT2D eigenvalue weighted by Crippen LogP contribution is -2.17. The van der Waals surface area contributed by atoms with Crippen LogP contribution in [0.15, 0.2) is 41.1 Å². The van der Waals surface area contributed by atoms with Crippen molar-refractivity contribution in [1.29, 1.82) is 0 Å². The van der Waals surface area contributed by atoms with E-state index < -0.39 is 6.36 Å². The molecular weight excluding hydrogens is 345 g/mol. The standard InChI is InChI=1S/C14H11F3N4O2S/c15-14(16,17)23-10-3-1-9(2-4-10)5-7-18-13-20-19-12(24-13)11-6-8-22-21-11/h1-4,6,8H,5,7H2,(H,18,20). The number of nitrogens with zero attached hydrogens (tertiary/aromatic N) is 3. The number of ether oxygens (including phenoxy) is 1. The van der Waals surface area contributed by atoms with Gasteiger partial charge in [-0.15, -0.1) is 23.4 Å². The summed E-state index contributed by atoms with van der Waals surface area (Å²) in [4.78, 5) is 0. The Labute approximate surface area is 138 Å². The lowest BCUT2D eigenvalue weighted by Gasteiger charge is -2.09.